The number of rotatable bonds is 4. The van der Waals surface area contributed by atoms with Gasteiger partial charge in [-0.1, -0.05) is 34.5 Å². The number of hydrogen-bond donors (Lipinski definition) is 3. The van der Waals surface area contributed by atoms with Crippen LogP contribution in [0, 0.1) is 0 Å². The number of carboxylic acid groups (broad SMARTS) is 2. The third kappa shape index (κ3) is 3.42. The van der Waals surface area contributed by atoms with Gasteiger partial charge in [0, 0.05) is 6.21 Å². The van der Waals surface area contributed by atoms with Crippen molar-refractivity contribution in [3.8, 4) is 0 Å². The molecule has 96 valence electrons. The van der Waals surface area contributed by atoms with Crippen molar-refractivity contribution >= 4 is 52.7 Å². The Morgan fingerprint density at radius 1 is 1.33 bits per heavy atom. The van der Waals surface area contributed by atoms with Gasteiger partial charge in [-0.2, -0.15) is 0 Å². The number of aromatic nitrogens is 1. The first-order chi connectivity index (χ1) is 8.32. The quantitative estimate of drug-likeness (QED) is 0.567. The number of nitrogens with two attached hydrogens (primary N) is 1. The summed E-state index contributed by atoms with van der Waals surface area (Å²) in [5, 5.41) is 17.4. The molecule has 0 radical (unpaired) electrons. The number of hydrogen-bond acceptors (Lipinski definition) is 6. The Balaban J connectivity index is 3.14. The van der Waals surface area contributed by atoms with Gasteiger partial charge in [-0.25, -0.2) is 19.6 Å². The van der Waals surface area contributed by atoms with Crippen molar-refractivity contribution in [3.63, 3.8) is 0 Å². The summed E-state index contributed by atoms with van der Waals surface area (Å²) >= 11 is 12.2. The molecule has 1 aromatic heterocycles. The lowest BCUT2D eigenvalue weighted by molar-refractivity contribution is -0.136. The van der Waals surface area contributed by atoms with E-state index in [1.165, 1.54) is 0 Å². The maximum Gasteiger partial charge on any atom is 0.356 e. The second kappa shape index (κ2) is 5.80. The Morgan fingerprint density at radius 2 is 1.94 bits per heavy atom. The fraction of sp³-hybridized carbons (Fsp3) is 0. The minimum absolute atomic E-state index is 0.0346. The number of carbonyl (C=O) groups is 2. The predicted octanol–water partition coefficient (Wildman–Crippen LogP) is 1.21. The van der Waals surface area contributed by atoms with Crippen LogP contribution < -0.4 is 5.73 Å². The van der Waals surface area contributed by atoms with Gasteiger partial charge >= 0.3 is 11.9 Å². The third-order valence-corrected chi connectivity index (χ3v) is 3.08. The molecule has 0 amide bonds. The van der Waals surface area contributed by atoms with Crippen molar-refractivity contribution in [1.82, 2.24) is 4.98 Å². The Kier molecular flexibility index (Phi) is 4.65. The fourth-order valence-corrected chi connectivity index (χ4v) is 2.06. The molecule has 0 spiro atoms. The lowest BCUT2D eigenvalue weighted by Gasteiger charge is -1.97. The molecule has 18 heavy (non-hydrogen) atoms. The smallest absolute Gasteiger partial charge is 0.356 e. The van der Waals surface area contributed by atoms with Crippen molar-refractivity contribution < 1.29 is 19.8 Å². The van der Waals surface area contributed by atoms with Crippen LogP contribution in [0.5, 0.6) is 0 Å². The van der Waals surface area contributed by atoms with Crippen LogP contribution in [0.15, 0.2) is 16.4 Å². The van der Waals surface area contributed by atoms with Gasteiger partial charge < -0.3 is 15.9 Å². The summed E-state index contributed by atoms with van der Waals surface area (Å²) in [7, 11) is 0. The van der Waals surface area contributed by atoms with Crippen molar-refractivity contribution in [2.75, 3.05) is 0 Å². The second-order valence-electron chi connectivity index (χ2n) is 2.75. The third-order valence-electron chi connectivity index (χ3n) is 1.58. The maximum absolute atomic E-state index is 10.8. The molecule has 0 unspecified atom stereocenters. The number of aliphatic imine (C=N–C) groups is 1. The van der Waals surface area contributed by atoms with Crippen molar-refractivity contribution in [2.24, 2.45) is 10.7 Å². The molecule has 0 atom stereocenters. The van der Waals surface area contributed by atoms with E-state index >= 15 is 0 Å². The number of halogens is 2. The number of aliphatic carboxylic acids is 2. The monoisotopic (exact) mass is 309 g/mol. The SMILES string of the molecule is N/C(C(=O)O)=C(\N=Cc1sc(Cl)nc1Cl)C(=O)O. The Bertz CT molecular complexity index is 567. The van der Waals surface area contributed by atoms with Crippen LogP contribution in [0.1, 0.15) is 4.88 Å². The van der Waals surface area contributed by atoms with Crippen LogP contribution in [0.3, 0.4) is 0 Å². The molecule has 1 heterocycles. The zero-order chi connectivity index (χ0) is 13.9. The highest BCUT2D eigenvalue weighted by molar-refractivity contribution is 7.17. The van der Waals surface area contributed by atoms with Crippen molar-refractivity contribution in [2.45, 2.75) is 0 Å². The van der Waals surface area contributed by atoms with Gasteiger partial charge in [-0.15, -0.1) is 0 Å². The Morgan fingerprint density at radius 3 is 2.33 bits per heavy atom. The van der Waals surface area contributed by atoms with Gasteiger partial charge in [0.25, 0.3) is 0 Å². The number of carboxylic acids is 2. The zero-order valence-electron chi connectivity index (χ0n) is 8.42. The first kappa shape index (κ1) is 14.4. The highest BCUT2D eigenvalue weighted by Crippen LogP contribution is 2.25. The van der Waals surface area contributed by atoms with E-state index in [0.29, 0.717) is 4.88 Å². The molecule has 10 heteroatoms. The van der Waals surface area contributed by atoms with E-state index in [4.69, 9.17) is 39.1 Å². The van der Waals surface area contributed by atoms with Crippen LogP contribution in [-0.4, -0.2) is 33.4 Å². The highest BCUT2D eigenvalue weighted by atomic mass is 35.5. The highest BCUT2D eigenvalue weighted by Gasteiger charge is 2.16. The summed E-state index contributed by atoms with van der Waals surface area (Å²) in [6.07, 6.45) is 1.03. The molecular formula is C8H5Cl2N3O4S. The van der Waals surface area contributed by atoms with Crippen LogP contribution >= 0.6 is 34.5 Å². The minimum Gasteiger partial charge on any atom is -0.477 e. The summed E-state index contributed by atoms with van der Waals surface area (Å²) in [5.41, 5.74) is 3.40. The average Bonchev–Trinajstić information content (AvgIpc) is 2.56. The molecule has 1 rings (SSSR count). The molecule has 4 N–H and O–H groups in total. The summed E-state index contributed by atoms with van der Waals surface area (Å²) in [5.74, 6) is -3.16. The lowest BCUT2D eigenvalue weighted by Crippen LogP contribution is -2.17. The minimum atomic E-state index is -1.59. The largest absolute Gasteiger partial charge is 0.477 e. The zero-order valence-corrected chi connectivity index (χ0v) is 10.8. The van der Waals surface area contributed by atoms with Gasteiger partial charge in [0.1, 0.15) is 0 Å². The summed E-state index contributed by atoms with van der Waals surface area (Å²) in [4.78, 5) is 28.7. The number of nitrogens with zero attached hydrogens (tertiary/aromatic N) is 2. The first-order valence-corrected chi connectivity index (χ1v) is 5.72. The molecule has 7 nitrogen and oxygen atoms in total. The van der Waals surface area contributed by atoms with E-state index in [1.807, 2.05) is 0 Å². The summed E-state index contributed by atoms with van der Waals surface area (Å²) in [6, 6.07) is 0. The van der Waals surface area contributed by atoms with E-state index in [2.05, 4.69) is 9.98 Å². The standard InChI is InChI=1S/C8H5Cl2N3O4S/c9-5-2(18-8(10)13-5)1-12-4(7(16)17)3(11)6(14)15/h1H,11H2,(H,14,15)(H,16,17)/b4-3-,12-1?. The van der Waals surface area contributed by atoms with Crippen LogP contribution in [0.4, 0.5) is 0 Å². The van der Waals surface area contributed by atoms with E-state index < -0.39 is 23.3 Å². The molecule has 1 aromatic rings. The van der Waals surface area contributed by atoms with Gasteiger partial charge in [-0.3, -0.25) is 0 Å². The fourth-order valence-electron chi connectivity index (χ4n) is 0.832. The molecule has 0 aliphatic heterocycles. The second-order valence-corrected chi connectivity index (χ2v) is 4.72. The van der Waals surface area contributed by atoms with E-state index in [1.54, 1.807) is 0 Å². The summed E-state index contributed by atoms with van der Waals surface area (Å²) in [6.45, 7) is 0. The van der Waals surface area contributed by atoms with Gasteiger partial charge in [0.2, 0.25) is 0 Å². The molecule has 0 aromatic carbocycles. The Hall–Kier alpha value is -1.64. The maximum atomic E-state index is 10.8. The van der Waals surface area contributed by atoms with E-state index in [-0.39, 0.29) is 9.62 Å². The molecule has 0 aliphatic carbocycles. The molecule has 0 bridgehead atoms. The normalized spacial score (nSPS) is 12.6. The average molecular weight is 310 g/mol. The lowest BCUT2D eigenvalue weighted by atomic mass is 10.3. The van der Waals surface area contributed by atoms with Gasteiger partial charge in [0.15, 0.2) is 21.0 Å². The summed E-state index contributed by atoms with van der Waals surface area (Å²) < 4.78 is 0.147. The predicted molar refractivity (Wildman–Crippen MR) is 66.2 cm³/mol. The van der Waals surface area contributed by atoms with Gasteiger partial charge in [0.05, 0.1) is 4.88 Å². The Labute approximate surface area is 114 Å². The molecule has 0 saturated carbocycles. The number of thiazole rings is 1. The van der Waals surface area contributed by atoms with Crippen LogP contribution in [0.2, 0.25) is 9.62 Å². The first-order valence-electron chi connectivity index (χ1n) is 4.15. The van der Waals surface area contributed by atoms with E-state index in [9.17, 15) is 9.59 Å². The van der Waals surface area contributed by atoms with Gasteiger partial charge in [-0.05, 0) is 0 Å². The molecule has 0 saturated heterocycles. The van der Waals surface area contributed by atoms with Crippen molar-refractivity contribution in [3.05, 3.63) is 25.9 Å². The van der Waals surface area contributed by atoms with E-state index in [0.717, 1.165) is 17.6 Å². The molecule has 0 aliphatic rings. The van der Waals surface area contributed by atoms with Crippen molar-refractivity contribution in [1.29, 1.82) is 0 Å². The molecular weight excluding hydrogens is 305 g/mol. The van der Waals surface area contributed by atoms with Crippen LogP contribution in [0.25, 0.3) is 0 Å². The molecule has 0 fully saturated rings. The van der Waals surface area contributed by atoms with Crippen LogP contribution in [-0.2, 0) is 9.59 Å². The topological polar surface area (TPSA) is 126 Å².